The van der Waals surface area contributed by atoms with Crippen molar-refractivity contribution in [3.8, 4) is 6.07 Å². The molecular formula is C28H29ClN2O5. The third-order valence-corrected chi connectivity index (χ3v) is 10.1. The molecule has 1 aliphatic heterocycles. The Kier molecular flexibility index (Phi) is 5.37. The van der Waals surface area contributed by atoms with E-state index in [4.69, 9.17) is 21.1 Å². The lowest BCUT2D eigenvalue weighted by Crippen LogP contribution is -2.63. The number of nitriles is 1. The van der Waals surface area contributed by atoms with Gasteiger partial charge in [-0.3, -0.25) is 9.59 Å². The van der Waals surface area contributed by atoms with Gasteiger partial charge in [0.1, 0.15) is 5.15 Å². The van der Waals surface area contributed by atoms with Crippen LogP contribution in [0.25, 0.3) is 0 Å². The van der Waals surface area contributed by atoms with Crippen LogP contribution in [0.5, 0.6) is 0 Å². The summed E-state index contributed by atoms with van der Waals surface area (Å²) in [5.41, 5.74) is -0.718. The van der Waals surface area contributed by atoms with Crippen LogP contribution in [-0.4, -0.2) is 39.5 Å². The third kappa shape index (κ3) is 3.05. The lowest BCUT2D eigenvalue weighted by Gasteiger charge is -2.59. The van der Waals surface area contributed by atoms with Gasteiger partial charge >= 0.3 is 0 Å². The standard InChI is InChI=1S/C28H29ClN2O5/c1-26-8-5-17(32)12-16(26)3-4-18-19-13-22-28(21(34)6-9-30,27(19,2)14-20(33)24(18)26)36-25(35-22)15-7-10-31-23(29)11-15/h5,7-8,10-12,18-20,22,24-25,33H,3-4,6,13-14H2,1-2H3/t18-,19-,20-,22+,24+,25?,26-,27-,28+/m0/s1. The molecule has 188 valence electrons. The lowest BCUT2D eigenvalue weighted by molar-refractivity contribution is -0.199. The van der Waals surface area contributed by atoms with Crippen LogP contribution in [0.1, 0.15) is 57.8 Å². The summed E-state index contributed by atoms with van der Waals surface area (Å²) in [6, 6.07) is 5.42. The Hall–Kier alpha value is -2.37. The summed E-state index contributed by atoms with van der Waals surface area (Å²) in [5, 5.41) is 21.5. The van der Waals surface area contributed by atoms with Gasteiger partial charge < -0.3 is 14.6 Å². The van der Waals surface area contributed by atoms with Crippen LogP contribution in [0.15, 0.2) is 42.1 Å². The molecule has 0 bridgehead atoms. The molecule has 7 nitrogen and oxygen atoms in total. The number of pyridine rings is 1. The molecule has 0 aromatic carbocycles. The minimum Gasteiger partial charge on any atom is -0.393 e. The van der Waals surface area contributed by atoms with Gasteiger partial charge in [-0.1, -0.05) is 37.1 Å². The minimum absolute atomic E-state index is 0.00317. The van der Waals surface area contributed by atoms with E-state index in [1.165, 1.54) is 0 Å². The summed E-state index contributed by atoms with van der Waals surface area (Å²) in [5.74, 6) is -0.186. The number of rotatable bonds is 3. The molecule has 0 radical (unpaired) electrons. The van der Waals surface area contributed by atoms with Gasteiger partial charge in [0.15, 0.2) is 23.5 Å². The first-order chi connectivity index (χ1) is 17.1. The van der Waals surface area contributed by atoms with Gasteiger partial charge in [0.2, 0.25) is 0 Å². The monoisotopic (exact) mass is 508 g/mol. The number of carbonyl (C=O) groups is 2. The second-order valence-electron chi connectivity index (χ2n) is 11.4. The minimum atomic E-state index is -1.34. The fourth-order valence-electron chi connectivity index (χ4n) is 8.48. The largest absolute Gasteiger partial charge is 0.393 e. The number of hydrogen-bond donors (Lipinski definition) is 1. The van der Waals surface area contributed by atoms with Crippen molar-refractivity contribution in [2.24, 2.45) is 28.6 Å². The highest BCUT2D eigenvalue weighted by molar-refractivity contribution is 6.29. The highest BCUT2D eigenvalue weighted by atomic mass is 35.5. The molecule has 4 aliphatic carbocycles. The molecule has 9 atom stereocenters. The van der Waals surface area contributed by atoms with E-state index in [1.807, 2.05) is 19.1 Å². The number of Topliss-reactive ketones (excluding diaryl/α,β-unsaturated/α-hetero) is 1. The number of allylic oxidation sites excluding steroid dienone is 4. The van der Waals surface area contributed by atoms with E-state index in [0.717, 1.165) is 18.4 Å². The summed E-state index contributed by atoms with van der Waals surface area (Å²) in [6.07, 6.45) is 7.10. The van der Waals surface area contributed by atoms with Crippen LogP contribution in [0.4, 0.5) is 0 Å². The Balaban J connectivity index is 1.41. The Morgan fingerprint density at radius 3 is 2.94 bits per heavy atom. The zero-order chi connectivity index (χ0) is 25.5. The molecule has 1 aromatic rings. The predicted molar refractivity (Wildman–Crippen MR) is 129 cm³/mol. The Bertz CT molecular complexity index is 1250. The van der Waals surface area contributed by atoms with Gasteiger partial charge in [-0.05, 0) is 61.8 Å². The topological polar surface area (TPSA) is 110 Å². The van der Waals surface area contributed by atoms with Crippen molar-refractivity contribution in [1.29, 1.82) is 5.26 Å². The van der Waals surface area contributed by atoms with Crippen LogP contribution in [0.3, 0.4) is 0 Å². The van der Waals surface area contributed by atoms with Gasteiger partial charge in [0.25, 0.3) is 0 Å². The van der Waals surface area contributed by atoms with Crippen LogP contribution in [-0.2, 0) is 19.1 Å². The van der Waals surface area contributed by atoms with E-state index in [-0.39, 0.29) is 35.7 Å². The second kappa shape index (κ2) is 8.06. The summed E-state index contributed by atoms with van der Waals surface area (Å²) in [7, 11) is 0. The van der Waals surface area contributed by atoms with E-state index in [0.29, 0.717) is 23.6 Å². The fourth-order valence-corrected chi connectivity index (χ4v) is 8.67. The number of nitrogens with zero attached hydrogens (tertiary/aromatic N) is 2. The summed E-state index contributed by atoms with van der Waals surface area (Å²) in [6.45, 7) is 4.15. The first-order valence-electron chi connectivity index (χ1n) is 12.6. The smallest absolute Gasteiger partial charge is 0.185 e. The SMILES string of the molecule is C[C@]12C=CC(=O)C=C1CC[C@@H]1[C@@H]2[C@@H](O)C[C@@]2(C)[C@H]1C[C@H]1OC(c3ccnc(Cl)c3)O[C@]12C(=O)CC#N. The number of aliphatic hydroxyl groups excluding tert-OH is 1. The highest BCUT2D eigenvalue weighted by Crippen LogP contribution is 2.70. The van der Waals surface area contributed by atoms with Crippen molar-refractivity contribution in [3.63, 3.8) is 0 Å². The highest BCUT2D eigenvalue weighted by Gasteiger charge is 2.75. The van der Waals surface area contributed by atoms with Gasteiger partial charge in [0, 0.05) is 28.5 Å². The average Bonchev–Trinajstić information content (AvgIpc) is 3.33. The quantitative estimate of drug-likeness (QED) is 0.607. The molecule has 0 amide bonds. The predicted octanol–water partition coefficient (Wildman–Crippen LogP) is 4.26. The molecule has 8 heteroatoms. The number of aliphatic hydroxyl groups is 1. The maximum atomic E-state index is 13.7. The molecule has 6 rings (SSSR count). The number of hydrogen-bond acceptors (Lipinski definition) is 7. The van der Waals surface area contributed by atoms with Crippen molar-refractivity contribution in [1.82, 2.24) is 4.98 Å². The molecule has 1 saturated heterocycles. The molecule has 2 heterocycles. The van der Waals surface area contributed by atoms with Crippen LogP contribution in [0, 0.1) is 39.9 Å². The zero-order valence-corrected chi connectivity index (χ0v) is 21.1. The molecule has 3 saturated carbocycles. The van der Waals surface area contributed by atoms with E-state index in [2.05, 4.69) is 11.9 Å². The molecule has 0 spiro atoms. The van der Waals surface area contributed by atoms with Gasteiger partial charge in [-0.2, -0.15) is 5.26 Å². The molecule has 1 N–H and O–H groups in total. The third-order valence-electron chi connectivity index (χ3n) is 9.91. The number of carbonyl (C=O) groups excluding carboxylic acids is 2. The Morgan fingerprint density at radius 1 is 1.39 bits per heavy atom. The van der Waals surface area contributed by atoms with E-state index < -0.39 is 34.9 Å². The van der Waals surface area contributed by atoms with E-state index in [9.17, 15) is 20.0 Å². The van der Waals surface area contributed by atoms with E-state index in [1.54, 1.807) is 30.5 Å². The Labute approximate surface area is 215 Å². The molecule has 36 heavy (non-hydrogen) atoms. The van der Waals surface area contributed by atoms with Crippen molar-refractivity contribution >= 4 is 23.2 Å². The van der Waals surface area contributed by atoms with Crippen molar-refractivity contribution in [3.05, 3.63) is 52.8 Å². The fraction of sp³-hybridized carbons (Fsp3) is 0.571. The molecule has 1 unspecified atom stereocenters. The van der Waals surface area contributed by atoms with Crippen molar-refractivity contribution < 1.29 is 24.2 Å². The van der Waals surface area contributed by atoms with Gasteiger partial charge in [-0.25, -0.2) is 4.98 Å². The van der Waals surface area contributed by atoms with Crippen LogP contribution in [0.2, 0.25) is 5.15 Å². The number of aromatic nitrogens is 1. The maximum absolute atomic E-state index is 13.7. The van der Waals surface area contributed by atoms with E-state index >= 15 is 0 Å². The zero-order valence-electron chi connectivity index (χ0n) is 20.3. The molecule has 1 aromatic heterocycles. The molecule has 4 fully saturated rings. The molecular weight excluding hydrogens is 480 g/mol. The summed E-state index contributed by atoms with van der Waals surface area (Å²) in [4.78, 5) is 29.8. The second-order valence-corrected chi connectivity index (χ2v) is 11.8. The van der Waals surface area contributed by atoms with Crippen LogP contribution < -0.4 is 0 Å². The molecule has 5 aliphatic rings. The Morgan fingerprint density at radius 2 is 2.19 bits per heavy atom. The first-order valence-corrected chi connectivity index (χ1v) is 13.0. The average molecular weight is 509 g/mol. The van der Waals surface area contributed by atoms with Crippen molar-refractivity contribution in [2.45, 2.75) is 70.1 Å². The van der Waals surface area contributed by atoms with Gasteiger partial charge in [-0.15, -0.1) is 0 Å². The number of ketones is 2. The lowest BCUT2D eigenvalue weighted by atomic mass is 9.46. The van der Waals surface area contributed by atoms with Crippen LogP contribution >= 0.6 is 11.6 Å². The number of fused-ring (bicyclic) bond motifs is 7. The van der Waals surface area contributed by atoms with Crippen molar-refractivity contribution in [2.75, 3.05) is 0 Å². The number of ether oxygens (including phenoxy) is 2. The summed E-state index contributed by atoms with van der Waals surface area (Å²) < 4.78 is 13.0. The summed E-state index contributed by atoms with van der Waals surface area (Å²) >= 11 is 6.11. The normalized spacial score (nSPS) is 44.6. The maximum Gasteiger partial charge on any atom is 0.185 e. The van der Waals surface area contributed by atoms with Gasteiger partial charge in [0.05, 0.1) is 24.7 Å². The number of halogens is 1. The first kappa shape index (κ1) is 24.0.